The van der Waals surface area contributed by atoms with Crippen LogP contribution in [0.1, 0.15) is 0 Å². The monoisotopic (exact) mass is 135 g/mol. The molecule has 0 spiro atoms. The van der Waals surface area contributed by atoms with Crippen molar-refractivity contribution in [2.45, 2.75) is 0 Å². The number of hydrogen-bond donors (Lipinski definition) is 1. The summed E-state index contributed by atoms with van der Waals surface area (Å²) in [7, 11) is 6.74. The summed E-state index contributed by atoms with van der Waals surface area (Å²) < 4.78 is 4.75. The van der Waals surface area contributed by atoms with Crippen molar-refractivity contribution in [2.24, 2.45) is 0 Å². The fourth-order valence-electron chi connectivity index (χ4n) is 0.564. The minimum absolute atomic E-state index is 0.211. The zero-order valence-electron chi connectivity index (χ0n) is 5.53. The van der Waals surface area contributed by atoms with Crippen LogP contribution >= 0.6 is 0 Å². The molecule has 2 N–H and O–H groups in total. The fourth-order valence-corrected chi connectivity index (χ4v) is 0.564. The minimum atomic E-state index is 0.211. The Labute approximate surface area is 59.8 Å². The quantitative estimate of drug-likeness (QED) is 0.494. The second-order valence-electron chi connectivity index (χ2n) is 1.69. The number of methoxy groups -OCH3 is 1. The van der Waals surface area contributed by atoms with E-state index in [2.05, 4.69) is 9.97 Å². The van der Waals surface area contributed by atoms with Crippen molar-refractivity contribution < 1.29 is 4.74 Å². The molecule has 0 bridgehead atoms. The van der Waals surface area contributed by atoms with Crippen LogP contribution in [0, 0.1) is 0 Å². The molecule has 1 aromatic rings. The molecule has 2 radical (unpaired) electrons. The molecule has 50 valence electrons. The zero-order chi connectivity index (χ0) is 7.56. The summed E-state index contributed by atoms with van der Waals surface area (Å²) in [6.07, 6.45) is 1.38. The van der Waals surface area contributed by atoms with Gasteiger partial charge in [0.05, 0.1) is 7.11 Å². The van der Waals surface area contributed by atoms with Gasteiger partial charge in [-0.25, -0.2) is 9.97 Å². The molecule has 0 aliphatic carbocycles. The normalized spacial score (nSPS) is 9.30. The first-order valence-electron chi connectivity index (χ1n) is 2.66. The molecule has 5 heteroatoms. The average Bonchev–Trinajstić information content (AvgIpc) is 1.88. The van der Waals surface area contributed by atoms with Crippen molar-refractivity contribution in [3.05, 3.63) is 6.20 Å². The van der Waals surface area contributed by atoms with E-state index >= 15 is 0 Å². The molecule has 1 rings (SSSR count). The van der Waals surface area contributed by atoms with E-state index in [9.17, 15) is 0 Å². The third kappa shape index (κ3) is 1.18. The number of rotatable bonds is 1. The van der Waals surface area contributed by atoms with E-state index in [-0.39, 0.29) is 5.82 Å². The molecule has 1 heterocycles. The van der Waals surface area contributed by atoms with Crippen LogP contribution in [0.2, 0.25) is 0 Å². The van der Waals surface area contributed by atoms with E-state index in [0.717, 1.165) is 0 Å². The highest BCUT2D eigenvalue weighted by Gasteiger charge is 1.99. The first-order valence-corrected chi connectivity index (χ1v) is 2.66. The van der Waals surface area contributed by atoms with Gasteiger partial charge in [-0.1, -0.05) is 0 Å². The maximum atomic E-state index is 5.35. The molecule has 0 saturated carbocycles. The topological polar surface area (TPSA) is 61.0 Å². The van der Waals surface area contributed by atoms with Crippen molar-refractivity contribution in [3.63, 3.8) is 0 Å². The molecule has 0 aliphatic heterocycles. The van der Waals surface area contributed by atoms with Gasteiger partial charge in [0.2, 0.25) is 0 Å². The van der Waals surface area contributed by atoms with Gasteiger partial charge >= 0.3 is 0 Å². The van der Waals surface area contributed by atoms with Gasteiger partial charge in [0, 0.05) is 11.8 Å². The third-order valence-electron chi connectivity index (χ3n) is 0.976. The molecule has 10 heavy (non-hydrogen) atoms. The Morgan fingerprint density at radius 2 is 2.40 bits per heavy atom. The second-order valence-corrected chi connectivity index (χ2v) is 1.69. The average molecular weight is 135 g/mol. The highest BCUT2D eigenvalue weighted by molar-refractivity contribution is 6.30. The standard InChI is InChI=1S/C5H6BN3O/c1-10-5-4(7)9-3(6)2-8-5/h2H,1H3,(H2,7,9). The van der Waals surface area contributed by atoms with Gasteiger partial charge in [-0.05, 0) is 0 Å². The van der Waals surface area contributed by atoms with Crippen LogP contribution in [-0.4, -0.2) is 24.9 Å². The number of anilines is 1. The van der Waals surface area contributed by atoms with E-state index in [1.807, 2.05) is 0 Å². The number of aromatic nitrogens is 2. The number of nitrogens with two attached hydrogens (primary N) is 1. The summed E-state index contributed by atoms with van der Waals surface area (Å²) in [5, 5.41) is 0. The van der Waals surface area contributed by atoms with E-state index in [0.29, 0.717) is 11.5 Å². The van der Waals surface area contributed by atoms with Crippen molar-refractivity contribution in [3.8, 4) is 5.88 Å². The Morgan fingerprint density at radius 1 is 1.70 bits per heavy atom. The Kier molecular flexibility index (Phi) is 1.75. The van der Waals surface area contributed by atoms with E-state index in [1.165, 1.54) is 13.3 Å². The van der Waals surface area contributed by atoms with Crippen molar-refractivity contribution in [1.29, 1.82) is 0 Å². The van der Waals surface area contributed by atoms with Crippen LogP contribution in [0.5, 0.6) is 5.88 Å². The lowest BCUT2D eigenvalue weighted by Crippen LogP contribution is -2.12. The molecule has 0 fully saturated rings. The number of hydrogen-bond acceptors (Lipinski definition) is 4. The van der Waals surface area contributed by atoms with Crippen molar-refractivity contribution in [2.75, 3.05) is 12.8 Å². The highest BCUT2D eigenvalue weighted by atomic mass is 16.5. The predicted octanol–water partition coefficient (Wildman–Crippen LogP) is -1.14. The number of nitrogens with zero attached hydrogens (tertiary/aromatic N) is 2. The van der Waals surface area contributed by atoms with Gasteiger partial charge in [-0.3, -0.25) is 0 Å². The lowest BCUT2D eigenvalue weighted by Gasteiger charge is -2.00. The smallest absolute Gasteiger partial charge is 0.256 e. The minimum Gasteiger partial charge on any atom is -0.478 e. The summed E-state index contributed by atoms with van der Waals surface area (Å²) in [5.41, 5.74) is 5.64. The van der Waals surface area contributed by atoms with Gasteiger partial charge in [-0.15, -0.1) is 0 Å². The predicted molar refractivity (Wildman–Crippen MR) is 38.4 cm³/mol. The summed E-state index contributed by atoms with van der Waals surface area (Å²) >= 11 is 0. The molecule has 0 saturated heterocycles. The van der Waals surface area contributed by atoms with Crippen molar-refractivity contribution >= 4 is 19.3 Å². The maximum absolute atomic E-state index is 5.35. The second kappa shape index (κ2) is 2.55. The molecule has 0 amide bonds. The third-order valence-corrected chi connectivity index (χ3v) is 0.976. The van der Waals surface area contributed by atoms with Gasteiger partial charge in [0.25, 0.3) is 5.88 Å². The molecule has 1 aromatic heterocycles. The Bertz CT molecular complexity index is 240. The number of nitrogen functional groups attached to an aromatic ring is 1. The van der Waals surface area contributed by atoms with Crippen LogP contribution in [0.4, 0.5) is 5.82 Å². The van der Waals surface area contributed by atoms with Crippen LogP contribution in [0.3, 0.4) is 0 Å². The molecule has 0 aliphatic rings. The molecule has 4 nitrogen and oxygen atoms in total. The molecular formula is C5H6BN3O. The Balaban J connectivity index is 3.07. The SMILES string of the molecule is [B]c1cnc(OC)c(N)n1. The Hall–Kier alpha value is -1.26. The lowest BCUT2D eigenvalue weighted by atomic mass is 10.1. The highest BCUT2D eigenvalue weighted by Crippen LogP contribution is 2.09. The first kappa shape index (κ1) is 6.86. The van der Waals surface area contributed by atoms with Gasteiger partial charge in [0.1, 0.15) is 7.85 Å². The van der Waals surface area contributed by atoms with Crippen LogP contribution in [0.25, 0.3) is 0 Å². The summed E-state index contributed by atoms with van der Waals surface area (Å²) in [5.74, 6) is 0.511. The van der Waals surface area contributed by atoms with Crippen LogP contribution in [0.15, 0.2) is 6.20 Å². The van der Waals surface area contributed by atoms with Gasteiger partial charge in [-0.2, -0.15) is 0 Å². The summed E-state index contributed by atoms with van der Waals surface area (Å²) in [4.78, 5) is 7.47. The molecule has 0 atom stereocenters. The largest absolute Gasteiger partial charge is 0.478 e. The van der Waals surface area contributed by atoms with E-state index in [1.54, 1.807) is 0 Å². The molecule has 0 unspecified atom stereocenters. The van der Waals surface area contributed by atoms with Gasteiger partial charge in [0.15, 0.2) is 5.82 Å². The van der Waals surface area contributed by atoms with Crippen LogP contribution in [-0.2, 0) is 0 Å². The van der Waals surface area contributed by atoms with Crippen LogP contribution < -0.4 is 16.1 Å². The molecular weight excluding hydrogens is 129 g/mol. The summed E-state index contributed by atoms with van der Waals surface area (Å²) in [6.45, 7) is 0. The number of ether oxygens (including phenoxy) is 1. The Morgan fingerprint density at radius 3 is 2.90 bits per heavy atom. The molecule has 0 aromatic carbocycles. The van der Waals surface area contributed by atoms with E-state index in [4.69, 9.17) is 18.3 Å². The van der Waals surface area contributed by atoms with Gasteiger partial charge < -0.3 is 10.5 Å². The summed E-state index contributed by atoms with van der Waals surface area (Å²) in [6, 6.07) is 0. The maximum Gasteiger partial charge on any atom is 0.256 e. The van der Waals surface area contributed by atoms with E-state index < -0.39 is 0 Å². The lowest BCUT2D eigenvalue weighted by molar-refractivity contribution is 0.399. The first-order chi connectivity index (χ1) is 4.74. The zero-order valence-corrected chi connectivity index (χ0v) is 5.53. The van der Waals surface area contributed by atoms with Crippen molar-refractivity contribution in [1.82, 2.24) is 9.97 Å². The fraction of sp³-hybridized carbons (Fsp3) is 0.200.